The van der Waals surface area contributed by atoms with Gasteiger partial charge in [0.1, 0.15) is 0 Å². The van der Waals surface area contributed by atoms with Crippen LogP contribution in [0.3, 0.4) is 0 Å². The number of rotatable bonds is 7. The Labute approximate surface area is 116 Å². The lowest BCUT2D eigenvalue weighted by atomic mass is 9.91. The lowest BCUT2D eigenvalue weighted by Gasteiger charge is -2.32. The normalized spacial score (nSPS) is 13.1. The third-order valence-corrected chi connectivity index (χ3v) is 4.01. The van der Waals surface area contributed by atoms with Crippen molar-refractivity contribution in [2.45, 2.75) is 51.5 Å². The van der Waals surface area contributed by atoms with Crippen LogP contribution in [0.5, 0.6) is 0 Å². The fourth-order valence-electron chi connectivity index (χ4n) is 2.29. The first-order valence-electron chi connectivity index (χ1n) is 7.13. The SMILES string of the molecule is CCC(CC)(CN)NC(=O)CC(C)c1ccccc1. The number of hydrogen-bond donors (Lipinski definition) is 2. The number of nitrogens with two attached hydrogens (primary N) is 1. The molecule has 1 aromatic rings. The van der Waals surface area contributed by atoms with Crippen molar-refractivity contribution >= 4 is 5.91 Å². The Balaban J connectivity index is 2.60. The number of amides is 1. The van der Waals surface area contributed by atoms with Gasteiger partial charge in [0.15, 0.2) is 0 Å². The molecule has 19 heavy (non-hydrogen) atoms. The van der Waals surface area contributed by atoms with Crippen molar-refractivity contribution in [3.63, 3.8) is 0 Å². The third-order valence-electron chi connectivity index (χ3n) is 4.01. The second-order valence-corrected chi connectivity index (χ2v) is 5.26. The molecule has 1 atom stereocenters. The number of carbonyl (C=O) groups excluding carboxylic acids is 1. The van der Waals surface area contributed by atoms with Gasteiger partial charge in [0.05, 0.1) is 5.54 Å². The molecule has 0 radical (unpaired) electrons. The van der Waals surface area contributed by atoms with Crippen molar-refractivity contribution < 1.29 is 4.79 Å². The first-order valence-corrected chi connectivity index (χ1v) is 7.13. The molecule has 0 aliphatic carbocycles. The van der Waals surface area contributed by atoms with Crippen LogP contribution >= 0.6 is 0 Å². The summed E-state index contributed by atoms with van der Waals surface area (Å²) >= 11 is 0. The topological polar surface area (TPSA) is 55.1 Å². The highest BCUT2D eigenvalue weighted by Gasteiger charge is 2.26. The van der Waals surface area contributed by atoms with E-state index < -0.39 is 0 Å². The molecule has 1 aromatic carbocycles. The Bertz CT molecular complexity index is 377. The van der Waals surface area contributed by atoms with Crippen molar-refractivity contribution in [1.29, 1.82) is 0 Å². The molecule has 0 bridgehead atoms. The summed E-state index contributed by atoms with van der Waals surface area (Å²) < 4.78 is 0. The van der Waals surface area contributed by atoms with Crippen LogP contribution in [0.1, 0.15) is 51.5 Å². The first kappa shape index (κ1) is 15.7. The summed E-state index contributed by atoms with van der Waals surface area (Å²) in [5, 5.41) is 3.12. The maximum absolute atomic E-state index is 12.2. The molecule has 3 nitrogen and oxygen atoms in total. The molecular formula is C16H26N2O. The van der Waals surface area contributed by atoms with Crippen LogP contribution in [0.4, 0.5) is 0 Å². The van der Waals surface area contributed by atoms with Crippen LogP contribution in [0.2, 0.25) is 0 Å². The van der Waals surface area contributed by atoms with E-state index in [-0.39, 0.29) is 17.4 Å². The van der Waals surface area contributed by atoms with Gasteiger partial charge in [-0.3, -0.25) is 4.79 Å². The zero-order chi connectivity index (χ0) is 14.3. The number of benzene rings is 1. The van der Waals surface area contributed by atoms with Gasteiger partial charge in [-0.2, -0.15) is 0 Å². The monoisotopic (exact) mass is 262 g/mol. The predicted octanol–water partition coefficient (Wildman–Crippen LogP) is 2.81. The molecule has 1 rings (SSSR count). The van der Waals surface area contributed by atoms with Crippen molar-refractivity contribution in [2.75, 3.05) is 6.54 Å². The summed E-state index contributed by atoms with van der Waals surface area (Å²) in [7, 11) is 0. The summed E-state index contributed by atoms with van der Waals surface area (Å²) in [4.78, 5) is 12.2. The molecular weight excluding hydrogens is 236 g/mol. The van der Waals surface area contributed by atoms with Gasteiger partial charge in [-0.05, 0) is 24.3 Å². The molecule has 1 amide bonds. The van der Waals surface area contributed by atoms with Gasteiger partial charge in [0.25, 0.3) is 0 Å². The molecule has 3 heteroatoms. The van der Waals surface area contributed by atoms with Crippen LogP contribution in [-0.4, -0.2) is 18.0 Å². The van der Waals surface area contributed by atoms with E-state index in [1.165, 1.54) is 5.56 Å². The summed E-state index contributed by atoms with van der Waals surface area (Å²) in [6, 6.07) is 10.1. The van der Waals surface area contributed by atoms with E-state index >= 15 is 0 Å². The van der Waals surface area contributed by atoms with E-state index in [1.807, 2.05) is 18.2 Å². The van der Waals surface area contributed by atoms with Gasteiger partial charge in [0, 0.05) is 13.0 Å². The summed E-state index contributed by atoms with van der Waals surface area (Å²) in [6.07, 6.45) is 2.24. The molecule has 106 valence electrons. The highest BCUT2D eigenvalue weighted by molar-refractivity contribution is 5.77. The smallest absolute Gasteiger partial charge is 0.221 e. The molecule has 1 unspecified atom stereocenters. The molecule has 0 aliphatic heterocycles. The molecule has 0 aliphatic rings. The molecule has 0 saturated heterocycles. The minimum atomic E-state index is -0.243. The second kappa shape index (κ2) is 7.29. The van der Waals surface area contributed by atoms with Crippen molar-refractivity contribution in [1.82, 2.24) is 5.32 Å². The standard InChI is InChI=1S/C16H26N2O/c1-4-16(5-2,12-17)18-15(19)11-13(3)14-9-7-6-8-10-14/h6-10,13H,4-5,11-12,17H2,1-3H3,(H,18,19). The van der Waals surface area contributed by atoms with Crippen molar-refractivity contribution in [2.24, 2.45) is 5.73 Å². The number of carbonyl (C=O) groups is 1. The van der Waals surface area contributed by atoms with E-state index in [0.717, 1.165) is 12.8 Å². The largest absolute Gasteiger partial charge is 0.349 e. The quantitative estimate of drug-likeness (QED) is 0.794. The maximum atomic E-state index is 12.2. The predicted molar refractivity (Wildman–Crippen MR) is 80.0 cm³/mol. The highest BCUT2D eigenvalue weighted by Crippen LogP contribution is 2.20. The van der Waals surface area contributed by atoms with E-state index in [0.29, 0.717) is 13.0 Å². The third kappa shape index (κ3) is 4.35. The van der Waals surface area contributed by atoms with E-state index in [4.69, 9.17) is 5.73 Å². The summed E-state index contributed by atoms with van der Waals surface area (Å²) in [5.74, 6) is 0.316. The maximum Gasteiger partial charge on any atom is 0.221 e. The van der Waals surface area contributed by atoms with Crippen molar-refractivity contribution in [3.05, 3.63) is 35.9 Å². The Kier molecular flexibility index (Phi) is 6.03. The molecule has 0 fully saturated rings. The Hall–Kier alpha value is -1.35. The summed E-state index contributed by atoms with van der Waals surface area (Å²) in [5.41, 5.74) is 6.76. The molecule has 0 saturated carbocycles. The molecule has 3 N–H and O–H groups in total. The zero-order valence-corrected chi connectivity index (χ0v) is 12.3. The Morgan fingerprint density at radius 3 is 2.32 bits per heavy atom. The van der Waals surface area contributed by atoms with Gasteiger partial charge in [-0.25, -0.2) is 0 Å². The van der Waals surface area contributed by atoms with Crippen LogP contribution in [0.25, 0.3) is 0 Å². The van der Waals surface area contributed by atoms with Gasteiger partial charge in [0.2, 0.25) is 5.91 Å². The van der Waals surface area contributed by atoms with E-state index in [2.05, 4.69) is 38.2 Å². The summed E-state index contributed by atoms with van der Waals surface area (Å²) in [6.45, 7) is 6.71. The molecule has 0 heterocycles. The van der Waals surface area contributed by atoms with E-state index in [9.17, 15) is 4.79 Å². The average molecular weight is 262 g/mol. The number of nitrogens with one attached hydrogen (secondary N) is 1. The van der Waals surface area contributed by atoms with Crippen LogP contribution in [0.15, 0.2) is 30.3 Å². The van der Waals surface area contributed by atoms with Crippen LogP contribution in [0, 0.1) is 0 Å². The minimum absolute atomic E-state index is 0.0884. The lowest BCUT2D eigenvalue weighted by Crippen LogP contribution is -2.53. The average Bonchev–Trinajstić information content (AvgIpc) is 2.46. The van der Waals surface area contributed by atoms with Crippen LogP contribution in [-0.2, 0) is 4.79 Å². The lowest BCUT2D eigenvalue weighted by molar-refractivity contribution is -0.123. The van der Waals surface area contributed by atoms with Gasteiger partial charge in [-0.15, -0.1) is 0 Å². The molecule has 0 spiro atoms. The molecule has 0 aromatic heterocycles. The Morgan fingerprint density at radius 1 is 1.26 bits per heavy atom. The van der Waals surface area contributed by atoms with Gasteiger partial charge < -0.3 is 11.1 Å². The van der Waals surface area contributed by atoms with Gasteiger partial charge in [-0.1, -0.05) is 51.1 Å². The second-order valence-electron chi connectivity index (χ2n) is 5.26. The van der Waals surface area contributed by atoms with E-state index in [1.54, 1.807) is 0 Å². The van der Waals surface area contributed by atoms with Crippen LogP contribution < -0.4 is 11.1 Å². The minimum Gasteiger partial charge on any atom is -0.349 e. The Morgan fingerprint density at radius 2 is 1.84 bits per heavy atom. The van der Waals surface area contributed by atoms with Crippen molar-refractivity contribution in [3.8, 4) is 0 Å². The fraction of sp³-hybridized carbons (Fsp3) is 0.562. The number of hydrogen-bond acceptors (Lipinski definition) is 2. The fourth-order valence-corrected chi connectivity index (χ4v) is 2.29. The first-order chi connectivity index (χ1) is 9.06. The highest BCUT2D eigenvalue weighted by atomic mass is 16.1. The van der Waals surface area contributed by atoms with Gasteiger partial charge >= 0.3 is 0 Å². The zero-order valence-electron chi connectivity index (χ0n) is 12.3.